The number of ether oxygens (including phenoxy) is 3. The Hall–Kier alpha value is -3.34. The maximum absolute atomic E-state index is 14.1. The number of fused-ring (bicyclic) bond motifs is 1. The number of hydrogen-bond acceptors (Lipinski definition) is 7. The van der Waals surface area contributed by atoms with E-state index >= 15 is 0 Å². The monoisotopic (exact) mass is 570 g/mol. The van der Waals surface area contributed by atoms with Crippen LogP contribution < -0.4 is 20.1 Å². The molecule has 0 radical (unpaired) electrons. The van der Waals surface area contributed by atoms with Crippen LogP contribution in [0.4, 0.5) is 16.2 Å². The van der Waals surface area contributed by atoms with Crippen LogP contribution in [0.15, 0.2) is 42.5 Å². The highest BCUT2D eigenvalue weighted by Crippen LogP contribution is 2.28. The summed E-state index contributed by atoms with van der Waals surface area (Å²) in [6.45, 7) is 7.46. The Balaban J connectivity index is 1.91. The van der Waals surface area contributed by atoms with Crippen molar-refractivity contribution in [2.75, 3.05) is 58.1 Å². The van der Waals surface area contributed by atoms with Crippen molar-refractivity contribution >= 4 is 23.3 Å². The van der Waals surface area contributed by atoms with Gasteiger partial charge >= 0.3 is 6.03 Å². The molecule has 4 atom stereocenters. The van der Waals surface area contributed by atoms with E-state index in [1.54, 1.807) is 54.5 Å². The summed E-state index contributed by atoms with van der Waals surface area (Å²) < 4.78 is 17.7. The second-order valence-electron chi connectivity index (χ2n) is 11.1. The average molecular weight is 571 g/mol. The van der Waals surface area contributed by atoms with E-state index in [4.69, 9.17) is 14.2 Å². The second-order valence-corrected chi connectivity index (χ2v) is 11.1. The Kier molecular flexibility index (Phi) is 12.2. The number of amides is 3. The van der Waals surface area contributed by atoms with E-state index in [1.165, 1.54) is 0 Å². The van der Waals surface area contributed by atoms with Gasteiger partial charge in [-0.1, -0.05) is 6.92 Å². The minimum Gasteiger partial charge on any atom is -0.497 e. The van der Waals surface area contributed by atoms with E-state index in [1.807, 2.05) is 27.9 Å². The Labute approximate surface area is 243 Å². The van der Waals surface area contributed by atoms with E-state index in [2.05, 4.69) is 22.5 Å². The van der Waals surface area contributed by atoms with Gasteiger partial charge < -0.3 is 39.8 Å². The molecule has 3 amide bonds. The number of nitrogens with zero attached hydrogens (tertiary/aromatic N) is 2. The van der Waals surface area contributed by atoms with Crippen molar-refractivity contribution in [1.82, 2.24) is 9.80 Å². The summed E-state index contributed by atoms with van der Waals surface area (Å²) in [5.74, 6) is 0.869. The zero-order chi connectivity index (χ0) is 29.9. The summed E-state index contributed by atoms with van der Waals surface area (Å²) in [7, 11) is 5.60. The average Bonchev–Trinajstić information content (AvgIpc) is 2.94. The van der Waals surface area contributed by atoms with Crippen LogP contribution in [0, 0.1) is 5.92 Å². The minimum atomic E-state index is -0.448. The lowest BCUT2D eigenvalue weighted by Gasteiger charge is -2.35. The van der Waals surface area contributed by atoms with Crippen molar-refractivity contribution in [3.8, 4) is 11.5 Å². The molecule has 41 heavy (non-hydrogen) atoms. The molecule has 1 heterocycles. The highest BCUT2D eigenvalue weighted by atomic mass is 16.5. The fraction of sp³-hybridized carbons (Fsp3) is 0.548. The third-order valence-corrected chi connectivity index (χ3v) is 7.20. The number of carbonyl (C=O) groups is 2. The summed E-state index contributed by atoms with van der Waals surface area (Å²) in [6, 6.07) is 11.2. The van der Waals surface area contributed by atoms with Gasteiger partial charge in [-0.15, -0.1) is 0 Å². The molecule has 0 unspecified atom stereocenters. The molecule has 0 aliphatic carbocycles. The lowest BCUT2D eigenvalue weighted by molar-refractivity contribution is -0.0137. The standard InChI is InChI=1S/C31H46N4O6/c1-21-18-35(22(2)20-36)30(37)27-17-25(33-31(38)32-24-10-13-26(39-6)14-11-24)12-15-28(27)41-23(3)9-7-8-16-40-29(21)19-34(4)5/h10-15,17,21-23,29,36H,7-9,16,18-20H2,1-6H3,(H2,32,33,38)/t21-,22-,23-,29+/m1/s1. The van der Waals surface area contributed by atoms with Gasteiger partial charge in [-0.3, -0.25) is 4.79 Å². The van der Waals surface area contributed by atoms with E-state index < -0.39 is 12.1 Å². The molecule has 0 saturated heterocycles. The van der Waals surface area contributed by atoms with Crippen molar-refractivity contribution < 1.29 is 28.9 Å². The molecule has 1 aliphatic rings. The first-order valence-electron chi connectivity index (χ1n) is 14.3. The van der Waals surface area contributed by atoms with Crippen molar-refractivity contribution in [2.24, 2.45) is 5.92 Å². The highest BCUT2D eigenvalue weighted by molar-refractivity contribution is 6.02. The molecule has 0 aromatic heterocycles. The number of benzene rings is 2. The quantitative estimate of drug-likeness (QED) is 0.443. The molecule has 2 aromatic rings. The van der Waals surface area contributed by atoms with Crippen LogP contribution in [0.5, 0.6) is 11.5 Å². The molecule has 10 heteroatoms. The van der Waals surface area contributed by atoms with Gasteiger partial charge in [-0.05, 0) is 89.7 Å². The Morgan fingerprint density at radius 1 is 1.12 bits per heavy atom. The number of aliphatic hydroxyl groups excluding tert-OH is 1. The number of aliphatic hydroxyl groups is 1. The maximum atomic E-state index is 14.1. The van der Waals surface area contributed by atoms with Gasteiger partial charge in [0, 0.05) is 37.0 Å². The first-order valence-corrected chi connectivity index (χ1v) is 14.3. The molecule has 3 rings (SSSR count). The molecule has 0 saturated carbocycles. The van der Waals surface area contributed by atoms with E-state index in [9.17, 15) is 14.7 Å². The van der Waals surface area contributed by atoms with Crippen LogP contribution in [0.2, 0.25) is 0 Å². The minimum absolute atomic E-state index is 0.0122. The van der Waals surface area contributed by atoms with Gasteiger partial charge in [-0.2, -0.15) is 0 Å². The van der Waals surface area contributed by atoms with Crippen LogP contribution >= 0.6 is 0 Å². The Bertz CT molecular complexity index is 1130. The number of carbonyl (C=O) groups excluding carboxylic acids is 2. The van der Waals surface area contributed by atoms with Crippen molar-refractivity contribution in [3.63, 3.8) is 0 Å². The van der Waals surface area contributed by atoms with Crippen molar-refractivity contribution in [2.45, 2.75) is 58.3 Å². The molecular weight excluding hydrogens is 524 g/mol. The topological polar surface area (TPSA) is 113 Å². The van der Waals surface area contributed by atoms with Gasteiger partial charge in [-0.25, -0.2) is 4.79 Å². The van der Waals surface area contributed by atoms with Crippen LogP contribution in [0.25, 0.3) is 0 Å². The normalized spacial score (nSPS) is 21.3. The third kappa shape index (κ3) is 9.62. The van der Waals surface area contributed by atoms with Crippen molar-refractivity contribution in [3.05, 3.63) is 48.0 Å². The smallest absolute Gasteiger partial charge is 0.323 e. The third-order valence-electron chi connectivity index (χ3n) is 7.20. The summed E-state index contributed by atoms with van der Waals surface area (Å²) in [5.41, 5.74) is 1.37. The molecule has 1 aliphatic heterocycles. The van der Waals surface area contributed by atoms with Gasteiger partial charge in [0.1, 0.15) is 11.5 Å². The summed E-state index contributed by atoms with van der Waals surface area (Å²) in [5, 5.41) is 15.7. The summed E-state index contributed by atoms with van der Waals surface area (Å²) >= 11 is 0. The highest BCUT2D eigenvalue weighted by Gasteiger charge is 2.30. The van der Waals surface area contributed by atoms with Gasteiger partial charge in [0.05, 0.1) is 37.5 Å². The number of hydrogen-bond donors (Lipinski definition) is 3. The molecule has 3 N–H and O–H groups in total. The van der Waals surface area contributed by atoms with Crippen LogP contribution in [0.3, 0.4) is 0 Å². The molecule has 0 spiro atoms. The van der Waals surface area contributed by atoms with E-state index in [-0.39, 0.29) is 30.6 Å². The fourth-order valence-corrected chi connectivity index (χ4v) is 4.79. The lowest BCUT2D eigenvalue weighted by atomic mass is 10.0. The lowest BCUT2D eigenvalue weighted by Crippen LogP contribution is -2.47. The zero-order valence-corrected chi connectivity index (χ0v) is 25.2. The van der Waals surface area contributed by atoms with Crippen LogP contribution in [-0.2, 0) is 4.74 Å². The summed E-state index contributed by atoms with van der Waals surface area (Å²) in [6.07, 6.45) is 2.47. The largest absolute Gasteiger partial charge is 0.497 e. The number of rotatable bonds is 7. The van der Waals surface area contributed by atoms with Crippen LogP contribution in [-0.4, -0.2) is 92.6 Å². The predicted molar refractivity (Wildman–Crippen MR) is 161 cm³/mol. The van der Waals surface area contributed by atoms with Gasteiger partial charge in [0.2, 0.25) is 0 Å². The molecule has 0 bridgehead atoms. The number of likely N-dealkylation sites (N-methyl/N-ethyl adjacent to an activating group) is 1. The molecular formula is C31H46N4O6. The molecule has 2 aromatic carbocycles. The second kappa shape index (κ2) is 15.6. The SMILES string of the molecule is COc1ccc(NC(=O)Nc2ccc3c(c2)C(=O)N([C@H](C)CO)C[C@@H](C)[C@H](CN(C)C)OCCCC[C@@H](C)O3)cc1. The zero-order valence-electron chi connectivity index (χ0n) is 25.2. The molecule has 0 fully saturated rings. The molecule has 226 valence electrons. The van der Waals surface area contributed by atoms with Crippen LogP contribution in [0.1, 0.15) is 50.4 Å². The Morgan fingerprint density at radius 3 is 2.46 bits per heavy atom. The van der Waals surface area contributed by atoms with E-state index in [0.717, 1.165) is 25.8 Å². The Morgan fingerprint density at radius 2 is 1.80 bits per heavy atom. The number of methoxy groups -OCH3 is 1. The first kappa shape index (κ1) is 32.2. The fourth-order valence-electron chi connectivity index (χ4n) is 4.79. The number of anilines is 2. The molecule has 10 nitrogen and oxygen atoms in total. The predicted octanol–water partition coefficient (Wildman–Crippen LogP) is 4.70. The van der Waals surface area contributed by atoms with E-state index in [0.29, 0.717) is 41.6 Å². The van der Waals surface area contributed by atoms with Crippen molar-refractivity contribution in [1.29, 1.82) is 0 Å². The number of urea groups is 1. The first-order chi connectivity index (χ1) is 19.6. The summed E-state index contributed by atoms with van der Waals surface area (Å²) in [4.78, 5) is 30.7. The van der Waals surface area contributed by atoms with Gasteiger partial charge in [0.15, 0.2) is 0 Å². The van der Waals surface area contributed by atoms with Gasteiger partial charge in [0.25, 0.3) is 5.91 Å². The maximum Gasteiger partial charge on any atom is 0.323 e. The number of nitrogens with one attached hydrogen (secondary N) is 2.